The number of hydrogen-bond donors (Lipinski definition) is 2. The van der Waals surface area contributed by atoms with E-state index in [1.54, 1.807) is 17.2 Å². The van der Waals surface area contributed by atoms with Crippen LogP contribution in [0.15, 0.2) is 52.6 Å². The quantitative estimate of drug-likeness (QED) is 0.750. The van der Waals surface area contributed by atoms with E-state index >= 15 is 0 Å². The number of nitrogens with one attached hydrogen (secondary N) is 1. The molecule has 1 unspecified atom stereocenters. The van der Waals surface area contributed by atoms with Gasteiger partial charge in [-0.15, -0.1) is 16.8 Å². The van der Waals surface area contributed by atoms with Crippen LogP contribution in [-0.4, -0.2) is 43.9 Å². The van der Waals surface area contributed by atoms with Gasteiger partial charge >= 0.3 is 0 Å². The molecule has 7 nitrogen and oxygen atoms in total. The first kappa shape index (κ1) is 22.1. The van der Waals surface area contributed by atoms with Gasteiger partial charge in [-0.05, 0) is 29.2 Å². The van der Waals surface area contributed by atoms with E-state index in [0.717, 1.165) is 5.56 Å². The van der Waals surface area contributed by atoms with Gasteiger partial charge in [-0.3, -0.25) is 4.79 Å². The highest BCUT2D eigenvalue weighted by Crippen LogP contribution is 2.18. The summed E-state index contributed by atoms with van der Waals surface area (Å²) in [6, 6.07) is 7.78. The van der Waals surface area contributed by atoms with Gasteiger partial charge in [0.25, 0.3) is 15.9 Å². The molecule has 9 heteroatoms. The zero-order chi connectivity index (χ0) is 19.6. The zero-order valence-corrected chi connectivity index (χ0v) is 17.5. The maximum absolute atomic E-state index is 12.4. The molecule has 2 aliphatic heterocycles. The summed E-state index contributed by atoms with van der Waals surface area (Å²) in [5.74, 6) is 0.471. The van der Waals surface area contributed by atoms with E-state index in [4.69, 9.17) is 5.73 Å². The number of rotatable bonds is 5. The largest absolute Gasteiger partial charge is 0.350 e. The van der Waals surface area contributed by atoms with Crippen molar-refractivity contribution in [1.82, 2.24) is 10.2 Å². The lowest BCUT2D eigenvalue weighted by Crippen LogP contribution is -2.39. The van der Waals surface area contributed by atoms with Crippen LogP contribution in [0.1, 0.15) is 36.9 Å². The Hall–Kier alpha value is -2.16. The first-order valence-electron chi connectivity index (χ1n) is 8.88. The van der Waals surface area contributed by atoms with Gasteiger partial charge in [0.2, 0.25) is 0 Å². The minimum Gasteiger partial charge on any atom is -0.350 e. The predicted octanol–water partition coefficient (Wildman–Crippen LogP) is 1.85. The van der Waals surface area contributed by atoms with Crippen LogP contribution < -0.4 is 11.1 Å². The fourth-order valence-corrected chi connectivity index (χ4v) is 3.86. The van der Waals surface area contributed by atoms with Crippen molar-refractivity contribution in [3.8, 4) is 0 Å². The molecule has 0 saturated heterocycles. The smallest absolute Gasteiger partial charge is 0.256 e. The SMILES string of the molecule is CC(C)c1ccc(C(N)CNC(=O)C2=CN3CCS(=O)(=O)N=C3C=C2)cc1.Cl. The number of carbonyl (C=O) groups excluding carboxylic acids is 1. The number of sulfonamides is 1. The Morgan fingerprint density at radius 3 is 2.50 bits per heavy atom. The average Bonchev–Trinajstić information content (AvgIpc) is 2.64. The topological polar surface area (TPSA) is 105 Å². The lowest BCUT2D eigenvalue weighted by molar-refractivity contribution is -0.117. The van der Waals surface area contributed by atoms with E-state index in [2.05, 4.69) is 35.7 Å². The molecule has 0 bridgehead atoms. The summed E-state index contributed by atoms with van der Waals surface area (Å²) in [7, 11) is -3.40. The Balaban J connectivity index is 0.00000280. The molecule has 0 aliphatic carbocycles. The number of fused-ring (bicyclic) bond motifs is 1. The van der Waals surface area contributed by atoms with E-state index in [0.29, 0.717) is 23.9 Å². The molecule has 2 heterocycles. The molecule has 2 aliphatic rings. The summed E-state index contributed by atoms with van der Waals surface area (Å²) < 4.78 is 26.8. The summed E-state index contributed by atoms with van der Waals surface area (Å²) in [6.07, 6.45) is 4.72. The summed E-state index contributed by atoms with van der Waals surface area (Å²) in [5.41, 5.74) is 8.83. The van der Waals surface area contributed by atoms with Crippen LogP contribution >= 0.6 is 12.4 Å². The number of amidine groups is 1. The fourth-order valence-electron chi connectivity index (χ4n) is 2.89. The van der Waals surface area contributed by atoms with Crippen molar-refractivity contribution >= 4 is 34.2 Å². The second-order valence-corrected chi connectivity index (χ2v) is 8.74. The lowest BCUT2D eigenvalue weighted by Gasteiger charge is -2.27. The van der Waals surface area contributed by atoms with Crippen LogP contribution in [0.2, 0.25) is 0 Å². The van der Waals surface area contributed by atoms with Gasteiger partial charge in [0.1, 0.15) is 5.84 Å². The lowest BCUT2D eigenvalue weighted by atomic mass is 9.99. The summed E-state index contributed by atoms with van der Waals surface area (Å²) in [5, 5.41) is 2.83. The molecule has 0 spiro atoms. The van der Waals surface area contributed by atoms with Crippen LogP contribution in [-0.2, 0) is 14.8 Å². The Morgan fingerprint density at radius 1 is 1.21 bits per heavy atom. The van der Waals surface area contributed by atoms with Crippen molar-refractivity contribution in [1.29, 1.82) is 0 Å². The molecule has 3 N–H and O–H groups in total. The number of nitrogens with zero attached hydrogens (tertiary/aromatic N) is 2. The van der Waals surface area contributed by atoms with Crippen LogP contribution in [0.4, 0.5) is 0 Å². The molecule has 0 fully saturated rings. The third-order valence-corrected chi connectivity index (χ3v) is 5.76. The third kappa shape index (κ3) is 5.21. The standard InChI is InChI=1S/C19H24N4O3S.ClH/c1-13(2)14-3-5-15(6-4-14)17(20)11-21-19(24)16-7-8-18-22-27(25,26)10-9-23(18)12-16;/h3-8,12-13,17H,9-11,20H2,1-2H3,(H,21,24);1H. The minimum absolute atomic E-state index is 0. The van der Waals surface area contributed by atoms with Crippen LogP contribution in [0.3, 0.4) is 0 Å². The van der Waals surface area contributed by atoms with Gasteiger partial charge in [0.15, 0.2) is 0 Å². The predicted molar refractivity (Wildman–Crippen MR) is 113 cm³/mol. The van der Waals surface area contributed by atoms with Crippen molar-refractivity contribution < 1.29 is 13.2 Å². The molecule has 3 rings (SSSR count). The van der Waals surface area contributed by atoms with Gasteiger partial charge in [-0.25, -0.2) is 8.42 Å². The molecular weight excluding hydrogens is 400 g/mol. The monoisotopic (exact) mass is 424 g/mol. The second-order valence-electron chi connectivity index (χ2n) is 6.98. The Labute approximate surface area is 171 Å². The number of hydrogen-bond acceptors (Lipinski definition) is 5. The van der Waals surface area contributed by atoms with E-state index in [1.807, 2.05) is 12.1 Å². The van der Waals surface area contributed by atoms with Gasteiger partial charge in [0.05, 0.1) is 11.3 Å². The van der Waals surface area contributed by atoms with Crippen molar-refractivity contribution in [2.45, 2.75) is 25.8 Å². The molecular formula is C19H25ClN4O3S. The number of benzene rings is 1. The first-order valence-corrected chi connectivity index (χ1v) is 10.5. The van der Waals surface area contributed by atoms with Crippen molar-refractivity contribution in [3.63, 3.8) is 0 Å². The molecule has 1 amide bonds. The normalized spacial score (nSPS) is 18.5. The zero-order valence-electron chi connectivity index (χ0n) is 15.8. The van der Waals surface area contributed by atoms with E-state index in [-0.39, 0.29) is 36.7 Å². The molecule has 152 valence electrons. The Morgan fingerprint density at radius 2 is 1.86 bits per heavy atom. The minimum atomic E-state index is -3.40. The van der Waals surface area contributed by atoms with Crippen molar-refractivity contribution in [3.05, 3.63) is 59.3 Å². The Bertz CT molecular complexity index is 921. The number of nitrogens with two attached hydrogens (primary N) is 1. The highest BCUT2D eigenvalue weighted by Gasteiger charge is 2.25. The highest BCUT2D eigenvalue weighted by atomic mass is 35.5. The Kier molecular flexibility index (Phi) is 7.03. The summed E-state index contributed by atoms with van der Waals surface area (Å²) in [6.45, 7) is 4.85. The van der Waals surface area contributed by atoms with Crippen LogP contribution in [0, 0.1) is 0 Å². The number of halogens is 1. The fraction of sp³-hybridized carbons (Fsp3) is 0.368. The van der Waals surface area contributed by atoms with E-state index < -0.39 is 10.0 Å². The summed E-state index contributed by atoms with van der Waals surface area (Å²) in [4.78, 5) is 14.1. The molecule has 0 aromatic heterocycles. The maximum Gasteiger partial charge on any atom is 0.256 e. The average molecular weight is 425 g/mol. The van der Waals surface area contributed by atoms with Crippen molar-refractivity contribution in [2.75, 3.05) is 18.8 Å². The molecule has 1 aromatic rings. The van der Waals surface area contributed by atoms with Gasteiger partial charge in [-0.1, -0.05) is 38.1 Å². The summed E-state index contributed by atoms with van der Waals surface area (Å²) >= 11 is 0. The maximum atomic E-state index is 12.4. The first-order chi connectivity index (χ1) is 12.7. The third-order valence-electron chi connectivity index (χ3n) is 4.60. The van der Waals surface area contributed by atoms with Gasteiger partial charge in [0, 0.05) is 25.3 Å². The number of amides is 1. The highest BCUT2D eigenvalue weighted by molar-refractivity contribution is 7.90. The molecule has 1 aromatic carbocycles. The van der Waals surface area contributed by atoms with Gasteiger partial charge in [-0.2, -0.15) is 0 Å². The van der Waals surface area contributed by atoms with Crippen LogP contribution in [0.25, 0.3) is 0 Å². The molecule has 1 atom stereocenters. The van der Waals surface area contributed by atoms with Crippen molar-refractivity contribution in [2.24, 2.45) is 10.1 Å². The van der Waals surface area contributed by atoms with Gasteiger partial charge < -0.3 is 16.0 Å². The van der Waals surface area contributed by atoms with E-state index in [1.165, 1.54) is 11.6 Å². The molecule has 0 radical (unpaired) electrons. The second kappa shape index (κ2) is 8.89. The molecule has 0 saturated carbocycles. The van der Waals surface area contributed by atoms with Crippen LogP contribution in [0.5, 0.6) is 0 Å². The number of carbonyl (C=O) groups is 1. The molecule has 28 heavy (non-hydrogen) atoms. The van der Waals surface area contributed by atoms with E-state index in [9.17, 15) is 13.2 Å².